The first kappa shape index (κ1) is 15.5. The van der Waals surface area contributed by atoms with Crippen molar-refractivity contribution in [3.63, 3.8) is 0 Å². The predicted molar refractivity (Wildman–Crippen MR) is 81.0 cm³/mol. The highest BCUT2D eigenvalue weighted by atomic mass is 32.2. The molecule has 5 nitrogen and oxygen atoms in total. The minimum absolute atomic E-state index is 0.000567. The Hall–Kier alpha value is -0.920. The summed E-state index contributed by atoms with van der Waals surface area (Å²) in [4.78, 5) is 15.8. The maximum atomic E-state index is 12.4. The second-order valence-electron chi connectivity index (χ2n) is 5.37. The van der Waals surface area contributed by atoms with Gasteiger partial charge in [0, 0.05) is 36.8 Å². The van der Waals surface area contributed by atoms with Gasteiger partial charge in [-0.15, -0.1) is 11.3 Å². The summed E-state index contributed by atoms with van der Waals surface area (Å²) < 4.78 is 22.8. The van der Waals surface area contributed by atoms with Gasteiger partial charge in [-0.25, -0.2) is 8.42 Å². The lowest BCUT2D eigenvalue weighted by Crippen LogP contribution is -2.51. The molecule has 2 rings (SSSR count). The van der Waals surface area contributed by atoms with E-state index >= 15 is 0 Å². The van der Waals surface area contributed by atoms with Gasteiger partial charge in [-0.2, -0.15) is 0 Å². The Morgan fingerprint density at radius 2 is 2.25 bits per heavy atom. The molecule has 0 saturated carbocycles. The zero-order valence-electron chi connectivity index (χ0n) is 12.0. The Balaban J connectivity index is 2.17. The molecule has 1 atom stereocenters. The van der Waals surface area contributed by atoms with E-state index < -0.39 is 9.84 Å². The van der Waals surface area contributed by atoms with E-state index in [1.807, 2.05) is 18.7 Å². The third-order valence-electron chi connectivity index (χ3n) is 3.31. The van der Waals surface area contributed by atoms with Crippen LogP contribution in [0.1, 0.15) is 27.0 Å². The SMILES string of the molecule is Cc1sc(C(=O)N2CCNC(C)C2)cc1CS(C)(=O)=O. The maximum absolute atomic E-state index is 12.4. The van der Waals surface area contributed by atoms with E-state index in [1.165, 1.54) is 17.6 Å². The average molecular weight is 316 g/mol. The first-order chi connectivity index (χ1) is 9.26. The molecule has 0 aromatic carbocycles. The van der Waals surface area contributed by atoms with Crippen LogP contribution >= 0.6 is 11.3 Å². The van der Waals surface area contributed by atoms with E-state index in [0.29, 0.717) is 24.0 Å². The first-order valence-corrected chi connectivity index (χ1v) is 9.43. The molecule has 0 bridgehead atoms. The van der Waals surface area contributed by atoms with Crippen LogP contribution in [0.15, 0.2) is 6.07 Å². The van der Waals surface area contributed by atoms with Gasteiger partial charge < -0.3 is 10.2 Å². The van der Waals surface area contributed by atoms with E-state index in [1.54, 1.807) is 6.07 Å². The molecule has 1 amide bonds. The Morgan fingerprint density at radius 1 is 1.55 bits per heavy atom. The molecule has 0 spiro atoms. The molecule has 1 aliphatic rings. The monoisotopic (exact) mass is 316 g/mol. The van der Waals surface area contributed by atoms with Crippen molar-refractivity contribution < 1.29 is 13.2 Å². The Bertz CT molecular complexity index is 607. The third-order valence-corrected chi connectivity index (χ3v) is 5.22. The summed E-state index contributed by atoms with van der Waals surface area (Å²) in [6.45, 7) is 6.10. The van der Waals surface area contributed by atoms with Gasteiger partial charge >= 0.3 is 0 Å². The van der Waals surface area contributed by atoms with Crippen molar-refractivity contribution in [3.05, 3.63) is 21.4 Å². The molecular formula is C13H20N2O3S2. The number of amides is 1. The molecule has 1 aromatic rings. The smallest absolute Gasteiger partial charge is 0.264 e. The molecule has 20 heavy (non-hydrogen) atoms. The number of aryl methyl sites for hydroxylation is 1. The van der Waals surface area contributed by atoms with E-state index in [9.17, 15) is 13.2 Å². The summed E-state index contributed by atoms with van der Waals surface area (Å²) in [6.07, 6.45) is 1.21. The Kier molecular flexibility index (Phi) is 4.51. The van der Waals surface area contributed by atoms with Crippen LogP contribution in [0.25, 0.3) is 0 Å². The zero-order chi connectivity index (χ0) is 14.9. The number of carbonyl (C=O) groups is 1. The maximum Gasteiger partial charge on any atom is 0.264 e. The van der Waals surface area contributed by atoms with Gasteiger partial charge in [-0.3, -0.25) is 4.79 Å². The van der Waals surface area contributed by atoms with Gasteiger partial charge in [-0.05, 0) is 25.5 Å². The van der Waals surface area contributed by atoms with Crippen LogP contribution in [0.2, 0.25) is 0 Å². The van der Waals surface area contributed by atoms with E-state index in [0.717, 1.165) is 17.0 Å². The number of carbonyl (C=O) groups excluding carboxylic acids is 1. The van der Waals surface area contributed by atoms with Crippen molar-refractivity contribution in [1.29, 1.82) is 0 Å². The van der Waals surface area contributed by atoms with Crippen molar-refractivity contribution in [1.82, 2.24) is 10.2 Å². The molecule has 1 aromatic heterocycles. The molecule has 1 N–H and O–H groups in total. The molecule has 112 valence electrons. The van der Waals surface area contributed by atoms with Crippen molar-refractivity contribution in [3.8, 4) is 0 Å². The molecular weight excluding hydrogens is 296 g/mol. The standard InChI is InChI=1S/C13H20N2O3S2/c1-9-7-15(5-4-14-9)13(16)12-6-11(10(2)19-12)8-20(3,17)18/h6,9,14H,4-5,7-8H2,1-3H3. The fraction of sp³-hybridized carbons (Fsp3) is 0.615. The van der Waals surface area contributed by atoms with Gasteiger partial charge in [0.15, 0.2) is 9.84 Å². The van der Waals surface area contributed by atoms with Crippen LogP contribution in [-0.2, 0) is 15.6 Å². The number of thiophene rings is 1. The lowest BCUT2D eigenvalue weighted by atomic mass is 10.2. The second-order valence-corrected chi connectivity index (χ2v) is 8.77. The van der Waals surface area contributed by atoms with Crippen LogP contribution in [0.3, 0.4) is 0 Å². The quantitative estimate of drug-likeness (QED) is 0.905. The number of nitrogens with one attached hydrogen (secondary N) is 1. The summed E-state index contributed by atoms with van der Waals surface area (Å²) in [5.74, 6) is 0.00631. The van der Waals surface area contributed by atoms with Crippen molar-refractivity contribution >= 4 is 27.1 Å². The molecule has 0 radical (unpaired) electrons. The number of piperazine rings is 1. The molecule has 7 heteroatoms. The van der Waals surface area contributed by atoms with E-state index in [-0.39, 0.29) is 11.7 Å². The number of sulfone groups is 1. The highest BCUT2D eigenvalue weighted by Crippen LogP contribution is 2.25. The fourth-order valence-corrected chi connectivity index (χ4v) is 4.29. The predicted octanol–water partition coefficient (Wildman–Crippen LogP) is 1.04. The molecule has 1 saturated heterocycles. The minimum atomic E-state index is -3.07. The summed E-state index contributed by atoms with van der Waals surface area (Å²) >= 11 is 1.38. The first-order valence-electron chi connectivity index (χ1n) is 6.56. The highest BCUT2D eigenvalue weighted by Gasteiger charge is 2.24. The van der Waals surface area contributed by atoms with Gasteiger partial charge in [0.05, 0.1) is 10.6 Å². The van der Waals surface area contributed by atoms with Crippen molar-refractivity contribution in [2.45, 2.75) is 25.6 Å². The largest absolute Gasteiger partial charge is 0.335 e. The average Bonchev–Trinajstić information content (AvgIpc) is 2.68. The molecule has 2 heterocycles. The van der Waals surface area contributed by atoms with Gasteiger partial charge in [-0.1, -0.05) is 0 Å². The van der Waals surface area contributed by atoms with Crippen LogP contribution in [-0.4, -0.2) is 51.2 Å². The highest BCUT2D eigenvalue weighted by molar-refractivity contribution is 7.89. The van der Waals surface area contributed by atoms with Crippen LogP contribution in [0, 0.1) is 6.92 Å². The number of rotatable bonds is 3. The topological polar surface area (TPSA) is 66.5 Å². The third kappa shape index (κ3) is 3.80. The second kappa shape index (κ2) is 5.83. The number of nitrogens with zero attached hydrogens (tertiary/aromatic N) is 1. The molecule has 1 aliphatic heterocycles. The van der Waals surface area contributed by atoms with Gasteiger partial charge in [0.25, 0.3) is 5.91 Å². The fourth-order valence-electron chi connectivity index (χ4n) is 2.32. The van der Waals surface area contributed by atoms with Crippen LogP contribution < -0.4 is 5.32 Å². The Labute approximate surface area is 123 Å². The summed E-state index contributed by atoms with van der Waals surface area (Å²) in [5, 5.41) is 3.30. The lowest BCUT2D eigenvalue weighted by molar-refractivity contribution is 0.0714. The Morgan fingerprint density at radius 3 is 2.85 bits per heavy atom. The minimum Gasteiger partial charge on any atom is -0.335 e. The van der Waals surface area contributed by atoms with Crippen LogP contribution in [0.5, 0.6) is 0 Å². The lowest BCUT2D eigenvalue weighted by Gasteiger charge is -2.31. The van der Waals surface area contributed by atoms with Gasteiger partial charge in [0.1, 0.15) is 0 Å². The summed E-state index contributed by atoms with van der Waals surface area (Å²) in [5.41, 5.74) is 0.740. The normalized spacial score (nSPS) is 20.1. The molecule has 1 fully saturated rings. The zero-order valence-corrected chi connectivity index (χ0v) is 13.6. The number of hydrogen-bond donors (Lipinski definition) is 1. The summed E-state index contributed by atoms with van der Waals surface area (Å²) in [7, 11) is -3.07. The van der Waals surface area contributed by atoms with Crippen molar-refractivity contribution in [2.24, 2.45) is 0 Å². The van der Waals surface area contributed by atoms with E-state index in [2.05, 4.69) is 5.32 Å². The van der Waals surface area contributed by atoms with E-state index in [4.69, 9.17) is 0 Å². The number of hydrogen-bond acceptors (Lipinski definition) is 5. The van der Waals surface area contributed by atoms with Gasteiger partial charge in [0.2, 0.25) is 0 Å². The van der Waals surface area contributed by atoms with Crippen LogP contribution in [0.4, 0.5) is 0 Å². The summed E-state index contributed by atoms with van der Waals surface area (Å²) in [6, 6.07) is 2.03. The van der Waals surface area contributed by atoms with Crippen molar-refractivity contribution in [2.75, 3.05) is 25.9 Å². The molecule has 0 aliphatic carbocycles. The molecule has 1 unspecified atom stereocenters.